The Labute approximate surface area is 280 Å². The lowest BCUT2D eigenvalue weighted by Gasteiger charge is -2.48. The maximum absolute atomic E-state index is 13.2. The highest BCUT2D eigenvalue weighted by atomic mass is 35.5. The highest BCUT2D eigenvalue weighted by Crippen LogP contribution is 2.44. The van der Waals surface area contributed by atoms with Crippen molar-refractivity contribution in [3.63, 3.8) is 0 Å². The molecule has 252 valence electrons. The standard InChI is InChI=1S/C32H45ClN6O6S/c1-8-43-28(40)24-27(38-13-10-32(11-14-38)19-44-20(2)25(32)37-29(41)45-30(3,4)5)35-15-22(36-24)46-21-9-12-34-26(23(21)33)39-16-31(6,17-39)18-42-7/h9,12,15,20,25H,8,10-11,13-14,16-19H2,1-7H3,(H,37,41)/t20-,25+/m0/s1. The number of amides is 1. The molecule has 5 heterocycles. The smallest absolute Gasteiger partial charge is 0.407 e. The van der Waals surface area contributed by atoms with Crippen LogP contribution in [0.4, 0.5) is 16.4 Å². The van der Waals surface area contributed by atoms with E-state index in [1.54, 1.807) is 26.4 Å². The molecule has 46 heavy (non-hydrogen) atoms. The number of pyridine rings is 1. The number of halogens is 1. The first-order valence-corrected chi connectivity index (χ1v) is 16.9. The zero-order valence-corrected chi connectivity index (χ0v) is 29.3. The number of rotatable bonds is 9. The Morgan fingerprint density at radius 2 is 1.89 bits per heavy atom. The topological polar surface area (TPSA) is 128 Å². The summed E-state index contributed by atoms with van der Waals surface area (Å²) in [7, 11) is 1.71. The summed E-state index contributed by atoms with van der Waals surface area (Å²) in [5.41, 5.74) is -0.633. The summed E-state index contributed by atoms with van der Waals surface area (Å²) < 4.78 is 22.3. The Bertz CT molecular complexity index is 1430. The van der Waals surface area contributed by atoms with Crippen LogP contribution in [-0.4, -0.2) is 97.9 Å². The summed E-state index contributed by atoms with van der Waals surface area (Å²) in [6, 6.07) is 1.64. The average molecular weight is 677 g/mol. The third kappa shape index (κ3) is 7.48. The van der Waals surface area contributed by atoms with Crippen molar-refractivity contribution in [2.45, 2.75) is 82.1 Å². The first-order valence-electron chi connectivity index (χ1n) is 15.7. The number of ether oxygens (including phenoxy) is 4. The van der Waals surface area contributed by atoms with Gasteiger partial charge in [0.15, 0.2) is 11.5 Å². The van der Waals surface area contributed by atoms with Crippen LogP contribution in [0.2, 0.25) is 5.02 Å². The molecule has 1 N–H and O–H groups in total. The molecular formula is C32H45ClN6O6S. The monoisotopic (exact) mass is 676 g/mol. The summed E-state index contributed by atoms with van der Waals surface area (Å²) in [5, 5.41) is 4.12. The molecule has 14 heteroatoms. The number of carbonyl (C=O) groups excluding carboxylic acids is 2. The molecule has 2 atom stereocenters. The van der Waals surface area contributed by atoms with E-state index in [1.807, 2.05) is 33.8 Å². The molecule has 3 saturated heterocycles. The normalized spacial score (nSPS) is 22.0. The lowest BCUT2D eigenvalue weighted by molar-refractivity contribution is 0.0432. The minimum Gasteiger partial charge on any atom is -0.461 e. The lowest BCUT2D eigenvalue weighted by Crippen LogP contribution is -2.57. The highest BCUT2D eigenvalue weighted by molar-refractivity contribution is 7.99. The number of alkyl carbamates (subject to hydrolysis) is 1. The molecule has 12 nitrogen and oxygen atoms in total. The number of aromatic nitrogens is 3. The summed E-state index contributed by atoms with van der Waals surface area (Å²) in [6.45, 7) is 15.7. The van der Waals surface area contributed by atoms with Gasteiger partial charge in [0.2, 0.25) is 0 Å². The molecule has 2 aromatic heterocycles. The largest absolute Gasteiger partial charge is 0.461 e. The van der Waals surface area contributed by atoms with Gasteiger partial charge in [0.05, 0.1) is 43.2 Å². The van der Waals surface area contributed by atoms with Crippen LogP contribution in [0.3, 0.4) is 0 Å². The van der Waals surface area contributed by atoms with Gasteiger partial charge in [-0.25, -0.2) is 24.5 Å². The van der Waals surface area contributed by atoms with E-state index in [-0.39, 0.29) is 35.3 Å². The number of anilines is 2. The second-order valence-electron chi connectivity index (χ2n) is 13.7. The molecule has 0 saturated carbocycles. The van der Waals surface area contributed by atoms with Gasteiger partial charge in [-0.1, -0.05) is 30.3 Å². The van der Waals surface area contributed by atoms with Crippen molar-refractivity contribution in [1.29, 1.82) is 0 Å². The highest BCUT2D eigenvalue weighted by Gasteiger charge is 2.51. The Morgan fingerprint density at radius 1 is 1.17 bits per heavy atom. The van der Waals surface area contributed by atoms with Gasteiger partial charge in [-0.3, -0.25) is 0 Å². The maximum Gasteiger partial charge on any atom is 0.407 e. The van der Waals surface area contributed by atoms with Gasteiger partial charge in [0.25, 0.3) is 0 Å². The number of carbonyl (C=O) groups is 2. The zero-order valence-electron chi connectivity index (χ0n) is 27.7. The quantitative estimate of drug-likeness (QED) is 0.350. The van der Waals surface area contributed by atoms with E-state index in [0.29, 0.717) is 48.0 Å². The van der Waals surface area contributed by atoms with Crippen molar-refractivity contribution in [2.75, 3.05) is 62.9 Å². The molecule has 2 aromatic rings. The van der Waals surface area contributed by atoms with Crippen molar-refractivity contribution in [2.24, 2.45) is 10.8 Å². The number of nitrogens with zero attached hydrogens (tertiary/aromatic N) is 5. The van der Waals surface area contributed by atoms with Crippen LogP contribution in [0, 0.1) is 10.8 Å². The van der Waals surface area contributed by atoms with E-state index in [1.165, 1.54) is 11.8 Å². The first kappa shape index (κ1) is 34.5. The van der Waals surface area contributed by atoms with Crippen molar-refractivity contribution >= 4 is 47.1 Å². The third-order valence-corrected chi connectivity index (χ3v) is 10.1. The Hall–Kier alpha value is -2.87. The number of nitrogens with one attached hydrogen (secondary N) is 1. The van der Waals surface area contributed by atoms with Crippen LogP contribution >= 0.6 is 23.4 Å². The first-order chi connectivity index (χ1) is 21.8. The summed E-state index contributed by atoms with van der Waals surface area (Å²) in [6.07, 6.45) is 4.25. The van der Waals surface area contributed by atoms with Crippen molar-refractivity contribution < 1.29 is 28.5 Å². The van der Waals surface area contributed by atoms with Crippen LogP contribution in [-0.2, 0) is 18.9 Å². The van der Waals surface area contributed by atoms with E-state index in [2.05, 4.69) is 27.0 Å². The van der Waals surface area contributed by atoms with Gasteiger partial charge in [-0.15, -0.1) is 0 Å². The molecular weight excluding hydrogens is 632 g/mol. The predicted octanol–water partition coefficient (Wildman–Crippen LogP) is 5.22. The summed E-state index contributed by atoms with van der Waals surface area (Å²) in [4.78, 5) is 44.8. The molecule has 3 aliphatic heterocycles. The van der Waals surface area contributed by atoms with E-state index >= 15 is 0 Å². The number of methoxy groups -OCH3 is 1. The van der Waals surface area contributed by atoms with Crippen molar-refractivity contribution in [3.8, 4) is 0 Å². The maximum atomic E-state index is 13.2. The SMILES string of the molecule is CCOC(=O)c1nc(Sc2ccnc(N3CC(C)(COC)C3)c2Cl)cnc1N1CCC2(CC1)CO[C@@H](C)[C@H]2NC(=O)OC(C)(C)C. The third-order valence-electron chi connectivity index (χ3n) is 8.68. The van der Waals surface area contributed by atoms with Gasteiger partial charge in [-0.2, -0.15) is 0 Å². The molecule has 0 bridgehead atoms. The number of hydrogen-bond donors (Lipinski definition) is 1. The second-order valence-corrected chi connectivity index (χ2v) is 15.2. The predicted molar refractivity (Wildman–Crippen MR) is 176 cm³/mol. The fraction of sp³-hybridized carbons (Fsp3) is 0.656. The molecule has 0 aromatic carbocycles. The minimum absolute atomic E-state index is 0.0609. The van der Waals surface area contributed by atoms with Crippen molar-refractivity contribution in [3.05, 3.63) is 29.2 Å². The number of hydrogen-bond acceptors (Lipinski definition) is 12. The fourth-order valence-corrected chi connectivity index (χ4v) is 7.71. The van der Waals surface area contributed by atoms with Crippen LogP contribution in [0.1, 0.15) is 64.9 Å². The number of piperidine rings is 1. The van der Waals surface area contributed by atoms with Crippen LogP contribution in [0.25, 0.3) is 0 Å². The van der Waals surface area contributed by atoms with Gasteiger partial charge in [0, 0.05) is 55.2 Å². The van der Waals surface area contributed by atoms with E-state index < -0.39 is 17.7 Å². The van der Waals surface area contributed by atoms with Gasteiger partial charge < -0.3 is 34.1 Å². The molecule has 1 amide bonds. The van der Waals surface area contributed by atoms with Crippen molar-refractivity contribution in [1.82, 2.24) is 20.3 Å². The fourth-order valence-electron chi connectivity index (χ4n) is 6.58. The lowest BCUT2D eigenvalue weighted by atomic mass is 9.73. The minimum atomic E-state index is -0.596. The van der Waals surface area contributed by atoms with Crippen LogP contribution in [0.5, 0.6) is 0 Å². The van der Waals surface area contributed by atoms with Crippen LogP contribution < -0.4 is 15.1 Å². The Morgan fingerprint density at radius 3 is 2.54 bits per heavy atom. The summed E-state index contributed by atoms with van der Waals surface area (Å²) in [5.74, 6) is 0.651. The molecule has 3 aliphatic rings. The van der Waals surface area contributed by atoms with Gasteiger partial charge >= 0.3 is 12.1 Å². The molecule has 1 spiro atoms. The molecule has 0 aliphatic carbocycles. The molecule has 3 fully saturated rings. The Kier molecular flexibility index (Phi) is 10.3. The van der Waals surface area contributed by atoms with E-state index in [4.69, 9.17) is 40.5 Å². The van der Waals surface area contributed by atoms with E-state index in [9.17, 15) is 9.59 Å². The van der Waals surface area contributed by atoms with E-state index in [0.717, 1.165) is 30.8 Å². The average Bonchev–Trinajstić information content (AvgIpc) is 3.26. The van der Waals surface area contributed by atoms with Gasteiger partial charge in [0.1, 0.15) is 16.4 Å². The number of esters is 1. The van der Waals surface area contributed by atoms with Crippen LogP contribution in [0.15, 0.2) is 28.4 Å². The zero-order chi connectivity index (χ0) is 33.3. The molecule has 0 radical (unpaired) electrons. The second kappa shape index (κ2) is 13.7. The molecule has 5 rings (SSSR count). The Balaban J connectivity index is 1.31. The van der Waals surface area contributed by atoms with Gasteiger partial charge in [-0.05, 0) is 53.5 Å². The summed E-state index contributed by atoms with van der Waals surface area (Å²) >= 11 is 8.17. The molecule has 0 unspecified atom stereocenters.